The standard InChI is InChI=1S/C12H10N2O3/c15-10-3-6-14(7-4-10)8-9-2-1-5-13-11(9)12(16)17/h1-7H,8H2,(H,16,17). The molecule has 0 saturated heterocycles. The SMILES string of the molecule is O=C(O)c1ncccc1Cn1ccc(=O)cc1. The molecule has 0 bridgehead atoms. The van der Waals surface area contributed by atoms with E-state index in [0.717, 1.165) is 0 Å². The van der Waals surface area contributed by atoms with E-state index in [4.69, 9.17) is 5.11 Å². The van der Waals surface area contributed by atoms with Crippen molar-refractivity contribution in [2.45, 2.75) is 6.54 Å². The number of carboxylic acids is 1. The van der Waals surface area contributed by atoms with E-state index in [-0.39, 0.29) is 11.1 Å². The number of nitrogens with zero attached hydrogens (tertiary/aromatic N) is 2. The minimum atomic E-state index is -1.05. The highest BCUT2D eigenvalue weighted by Crippen LogP contribution is 2.07. The van der Waals surface area contributed by atoms with Gasteiger partial charge in [-0.15, -0.1) is 0 Å². The third kappa shape index (κ3) is 2.57. The number of hydrogen-bond acceptors (Lipinski definition) is 3. The van der Waals surface area contributed by atoms with Crippen molar-refractivity contribution in [1.29, 1.82) is 0 Å². The Morgan fingerprint density at radius 3 is 2.65 bits per heavy atom. The van der Waals surface area contributed by atoms with Crippen molar-refractivity contribution in [3.63, 3.8) is 0 Å². The molecule has 2 aromatic rings. The topological polar surface area (TPSA) is 72.2 Å². The van der Waals surface area contributed by atoms with Crippen LogP contribution in [-0.4, -0.2) is 20.6 Å². The van der Waals surface area contributed by atoms with Crippen molar-refractivity contribution >= 4 is 5.97 Å². The van der Waals surface area contributed by atoms with E-state index in [9.17, 15) is 9.59 Å². The molecule has 2 aromatic heterocycles. The Balaban J connectivity index is 2.33. The summed E-state index contributed by atoms with van der Waals surface area (Å²) in [4.78, 5) is 25.7. The van der Waals surface area contributed by atoms with E-state index in [2.05, 4.69) is 4.98 Å². The van der Waals surface area contributed by atoms with E-state index >= 15 is 0 Å². The Kier molecular flexibility index (Phi) is 3.00. The zero-order valence-corrected chi connectivity index (χ0v) is 8.91. The van der Waals surface area contributed by atoms with Crippen molar-refractivity contribution in [3.8, 4) is 0 Å². The van der Waals surface area contributed by atoms with Crippen LogP contribution in [0.25, 0.3) is 0 Å². The molecule has 0 fully saturated rings. The summed E-state index contributed by atoms with van der Waals surface area (Å²) in [6.07, 6.45) is 4.67. The van der Waals surface area contributed by atoms with Crippen LogP contribution >= 0.6 is 0 Å². The Morgan fingerprint density at radius 1 is 1.29 bits per heavy atom. The lowest BCUT2D eigenvalue weighted by atomic mass is 10.2. The lowest BCUT2D eigenvalue weighted by Gasteiger charge is -2.07. The summed E-state index contributed by atoms with van der Waals surface area (Å²) >= 11 is 0. The first-order valence-electron chi connectivity index (χ1n) is 5.00. The number of pyridine rings is 2. The third-order valence-electron chi connectivity index (χ3n) is 2.31. The highest BCUT2D eigenvalue weighted by Gasteiger charge is 2.10. The molecule has 2 rings (SSSR count). The van der Waals surface area contributed by atoms with Crippen LogP contribution in [0.3, 0.4) is 0 Å². The van der Waals surface area contributed by atoms with Gasteiger partial charge in [0.15, 0.2) is 11.1 Å². The Hall–Kier alpha value is -2.43. The maximum absolute atomic E-state index is 10.9. The molecule has 2 heterocycles. The van der Waals surface area contributed by atoms with Gasteiger partial charge in [0.25, 0.3) is 0 Å². The molecular weight excluding hydrogens is 220 g/mol. The van der Waals surface area contributed by atoms with Crippen LogP contribution in [0, 0.1) is 0 Å². The van der Waals surface area contributed by atoms with E-state index in [1.54, 1.807) is 29.1 Å². The molecule has 17 heavy (non-hydrogen) atoms. The third-order valence-corrected chi connectivity index (χ3v) is 2.31. The van der Waals surface area contributed by atoms with Crippen LogP contribution in [0.1, 0.15) is 16.1 Å². The molecule has 86 valence electrons. The minimum absolute atomic E-state index is 0.0335. The zero-order valence-electron chi connectivity index (χ0n) is 8.91. The number of hydrogen-bond donors (Lipinski definition) is 1. The van der Waals surface area contributed by atoms with Gasteiger partial charge in [-0.25, -0.2) is 9.78 Å². The van der Waals surface area contributed by atoms with Crippen molar-refractivity contribution in [3.05, 3.63) is 64.3 Å². The monoisotopic (exact) mass is 230 g/mol. The summed E-state index contributed by atoms with van der Waals surface area (Å²) in [6.45, 7) is 0.371. The molecule has 0 aliphatic heterocycles. The van der Waals surface area contributed by atoms with Crippen LogP contribution in [-0.2, 0) is 6.54 Å². The van der Waals surface area contributed by atoms with Gasteiger partial charge in [-0.05, 0) is 6.07 Å². The first kappa shape index (κ1) is 11.1. The van der Waals surface area contributed by atoms with E-state index in [1.165, 1.54) is 18.3 Å². The van der Waals surface area contributed by atoms with Gasteiger partial charge in [0.05, 0.1) is 0 Å². The van der Waals surface area contributed by atoms with Crippen LogP contribution in [0.15, 0.2) is 47.7 Å². The molecule has 1 N–H and O–H groups in total. The summed E-state index contributed by atoms with van der Waals surface area (Å²) in [6, 6.07) is 6.24. The fraction of sp³-hybridized carbons (Fsp3) is 0.0833. The van der Waals surface area contributed by atoms with Crippen LogP contribution in [0.2, 0.25) is 0 Å². The molecule has 0 atom stereocenters. The summed E-state index contributed by atoms with van der Waals surface area (Å²) in [5.41, 5.74) is 0.556. The van der Waals surface area contributed by atoms with Crippen molar-refractivity contribution in [2.75, 3.05) is 0 Å². The molecule has 0 radical (unpaired) electrons. The maximum atomic E-state index is 10.9. The second kappa shape index (κ2) is 4.61. The number of aromatic carboxylic acids is 1. The van der Waals surface area contributed by atoms with E-state index < -0.39 is 5.97 Å². The molecule has 0 spiro atoms. The van der Waals surface area contributed by atoms with Crippen molar-refractivity contribution < 1.29 is 9.90 Å². The second-order valence-electron chi connectivity index (χ2n) is 3.52. The second-order valence-corrected chi connectivity index (χ2v) is 3.52. The van der Waals surface area contributed by atoms with Gasteiger partial charge in [0.2, 0.25) is 0 Å². The highest BCUT2D eigenvalue weighted by atomic mass is 16.4. The number of aromatic nitrogens is 2. The first-order valence-corrected chi connectivity index (χ1v) is 5.00. The van der Waals surface area contributed by atoms with Gasteiger partial charge in [-0.3, -0.25) is 4.79 Å². The van der Waals surface area contributed by atoms with E-state index in [0.29, 0.717) is 12.1 Å². The van der Waals surface area contributed by atoms with Crippen LogP contribution in [0.5, 0.6) is 0 Å². The molecule has 0 amide bonds. The van der Waals surface area contributed by atoms with Crippen molar-refractivity contribution in [2.24, 2.45) is 0 Å². The summed E-state index contributed by atoms with van der Waals surface area (Å²) in [5, 5.41) is 8.97. The molecule has 0 unspecified atom stereocenters. The zero-order chi connectivity index (χ0) is 12.3. The molecule has 0 aliphatic carbocycles. The highest BCUT2D eigenvalue weighted by molar-refractivity contribution is 5.86. The Morgan fingerprint density at radius 2 is 2.00 bits per heavy atom. The van der Waals surface area contributed by atoms with Gasteiger partial charge >= 0.3 is 5.97 Å². The first-order chi connectivity index (χ1) is 8.16. The molecule has 5 heteroatoms. The Labute approximate surface area is 97.0 Å². The lowest BCUT2D eigenvalue weighted by molar-refractivity contribution is 0.0689. The predicted molar refractivity (Wildman–Crippen MR) is 61.0 cm³/mol. The molecule has 5 nitrogen and oxygen atoms in total. The van der Waals surface area contributed by atoms with E-state index in [1.807, 2.05) is 0 Å². The maximum Gasteiger partial charge on any atom is 0.354 e. The summed E-state index contributed by atoms with van der Waals surface area (Å²) in [7, 11) is 0. The normalized spacial score (nSPS) is 10.1. The van der Waals surface area contributed by atoms with Crippen LogP contribution in [0.4, 0.5) is 0 Å². The van der Waals surface area contributed by atoms with Gasteiger partial charge in [-0.2, -0.15) is 0 Å². The van der Waals surface area contributed by atoms with Gasteiger partial charge in [0.1, 0.15) is 0 Å². The number of rotatable bonds is 3. The van der Waals surface area contributed by atoms with Crippen molar-refractivity contribution in [1.82, 2.24) is 9.55 Å². The fourth-order valence-electron chi connectivity index (χ4n) is 1.50. The minimum Gasteiger partial charge on any atom is -0.477 e. The van der Waals surface area contributed by atoms with Crippen LogP contribution < -0.4 is 5.43 Å². The molecule has 0 aromatic carbocycles. The average Bonchev–Trinajstić information content (AvgIpc) is 2.32. The molecular formula is C12H10N2O3. The van der Waals surface area contributed by atoms with Gasteiger partial charge < -0.3 is 9.67 Å². The Bertz CT molecular complexity index is 584. The molecule has 0 saturated carbocycles. The quantitative estimate of drug-likeness (QED) is 0.853. The number of carbonyl (C=O) groups is 1. The smallest absolute Gasteiger partial charge is 0.354 e. The average molecular weight is 230 g/mol. The fourth-order valence-corrected chi connectivity index (χ4v) is 1.50. The largest absolute Gasteiger partial charge is 0.477 e. The summed E-state index contributed by atoms with van der Waals surface area (Å²) < 4.78 is 1.73. The van der Waals surface area contributed by atoms with Gasteiger partial charge in [0, 0.05) is 42.8 Å². The number of carboxylic acid groups (broad SMARTS) is 1. The van der Waals surface area contributed by atoms with Gasteiger partial charge in [-0.1, -0.05) is 6.07 Å². The lowest BCUT2D eigenvalue weighted by Crippen LogP contribution is -2.10. The summed E-state index contributed by atoms with van der Waals surface area (Å²) in [5.74, 6) is -1.05. The predicted octanol–water partition coefficient (Wildman–Crippen LogP) is 0.990. The molecule has 0 aliphatic rings.